The third-order valence-electron chi connectivity index (χ3n) is 7.48. The summed E-state index contributed by atoms with van der Waals surface area (Å²) in [4.78, 5) is 44.3. The third-order valence-corrected chi connectivity index (χ3v) is 7.48. The van der Waals surface area contributed by atoms with E-state index in [0.717, 1.165) is 25.9 Å². The van der Waals surface area contributed by atoms with Gasteiger partial charge in [0.2, 0.25) is 5.91 Å². The Morgan fingerprint density at radius 1 is 1.00 bits per heavy atom. The molecule has 1 aromatic heterocycles. The quantitative estimate of drug-likeness (QED) is 0.217. The van der Waals surface area contributed by atoms with E-state index in [1.54, 1.807) is 42.3 Å². The predicted molar refractivity (Wildman–Crippen MR) is 162 cm³/mol. The minimum atomic E-state index is -0.234. The van der Waals surface area contributed by atoms with Gasteiger partial charge in [-0.25, -0.2) is 0 Å². The minimum Gasteiger partial charge on any atom is -0.497 e. The summed E-state index contributed by atoms with van der Waals surface area (Å²) in [5.41, 5.74) is 1.23. The van der Waals surface area contributed by atoms with Gasteiger partial charge in [-0.3, -0.25) is 19.4 Å². The molecule has 4 rings (SSSR count). The normalized spacial score (nSPS) is 15.9. The topological polar surface area (TPSA) is 161 Å². The number of nitrogens with zero attached hydrogens (tertiary/aromatic N) is 2. The molecular weight excluding hydrogens is 570 g/mol. The molecule has 2 aliphatic heterocycles. The molecule has 2 fully saturated rings. The molecule has 0 aliphatic carbocycles. The third kappa shape index (κ3) is 10.2. The van der Waals surface area contributed by atoms with Crippen molar-refractivity contribution < 1.29 is 38.4 Å². The molecule has 2 aliphatic rings. The molecule has 0 bridgehead atoms. The molecular formula is C31H43N5O8. The van der Waals surface area contributed by atoms with Crippen LogP contribution < -0.4 is 25.4 Å². The van der Waals surface area contributed by atoms with Crippen LogP contribution in [0.15, 0.2) is 36.5 Å². The number of carbonyl (C=O) groups excluding carboxylic acids is 3. The second-order valence-electron chi connectivity index (χ2n) is 10.6. The zero-order chi connectivity index (χ0) is 31.1. The van der Waals surface area contributed by atoms with E-state index in [0.29, 0.717) is 67.6 Å². The minimum absolute atomic E-state index is 0.0439. The van der Waals surface area contributed by atoms with Gasteiger partial charge in [-0.15, -0.1) is 0 Å². The number of hydrogen-bond donors (Lipinski definition) is 4. The van der Waals surface area contributed by atoms with Crippen LogP contribution in [0.4, 0.5) is 5.69 Å². The summed E-state index contributed by atoms with van der Waals surface area (Å²) in [6, 6.07) is 8.62. The van der Waals surface area contributed by atoms with Gasteiger partial charge in [0.15, 0.2) is 0 Å². The van der Waals surface area contributed by atoms with Gasteiger partial charge >= 0.3 is 0 Å². The Hall–Kier alpha value is -3.78. The molecule has 44 heavy (non-hydrogen) atoms. The van der Waals surface area contributed by atoms with Crippen LogP contribution in [-0.4, -0.2) is 111 Å². The summed E-state index contributed by atoms with van der Waals surface area (Å²) in [5, 5.41) is 17.9. The van der Waals surface area contributed by atoms with Crippen LogP contribution in [0.1, 0.15) is 53.0 Å². The van der Waals surface area contributed by atoms with E-state index in [-0.39, 0.29) is 56.1 Å². The van der Waals surface area contributed by atoms with Crippen LogP contribution in [0, 0.1) is 0 Å². The number of pyridine rings is 1. The van der Waals surface area contributed by atoms with Gasteiger partial charge in [-0.05, 0) is 50.2 Å². The largest absolute Gasteiger partial charge is 0.497 e. The first-order valence-corrected chi connectivity index (χ1v) is 15.1. The van der Waals surface area contributed by atoms with E-state index >= 15 is 0 Å². The fraction of sp³-hybridized carbons (Fsp3) is 0.548. The Labute approximate surface area is 257 Å². The number of ether oxygens (including phenoxy) is 4. The number of likely N-dealkylation sites (tertiary alicyclic amines) is 1. The Bertz CT molecular complexity index is 1210. The smallest absolute Gasteiger partial charge is 0.272 e. The number of amides is 3. The van der Waals surface area contributed by atoms with Crippen molar-refractivity contribution >= 4 is 23.4 Å². The lowest BCUT2D eigenvalue weighted by molar-refractivity contribution is -0.117. The van der Waals surface area contributed by atoms with Gasteiger partial charge < -0.3 is 44.9 Å². The Kier molecular flexibility index (Phi) is 13.2. The second kappa shape index (κ2) is 17.5. The highest BCUT2D eigenvalue weighted by molar-refractivity contribution is 5.96. The summed E-state index contributed by atoms with van der Waals surface area (Å²) in [7, 11) is 1.55. The second-order valence-corrected chi connectivity index (χ2v) is 10.6. The van der Waals surface area contributed by atoms with Gasteiger partial charge in [0.1, 0.15) is 23.3 Å². The van der Waals surface area contributed by atoms with Crippen LogP contribution in [-0.2, 0) is 14.3 Å². The number of hydrogen-bond acceptors (Lipinski definition) is 10. The van der Waals surface area contributed by atoms with E-state index in [2.05, 4.69) is 20.9 Å². The molecule has 13 heteroatoms. The lowest BCUT2D eigenvalue weighted by Crippen LogP contribution is -2.43. The molecule has 240 valence electrons. The van der Waals surface area contributed by atoms with E-state index in [9.17, 15) is 14.4 Å². The number of methoxy groups -OCH3 is 1. The van der Waals surface area contributed by atoms with E-state index in [4.69, 9.17) is 24.1 Å². The molecule has 2 aromatic rings. The number of aliphatic hydroxyl groups is 1. The summed E-state index contributed by atoms with van der Waals surface area (Å²) < 4.78 is 22.1. The van der Waals surface area contributed by atoms with Crippen molar-refractivity contribution in [2.45, 2.75) is 44.2 Å². The number of carbonyl (C=O) groups is 3. The van der Waals surface area contributed by atoms with Crippen molar-refractivity contribution in [3.8, 4) is 11.5 Å². The summed E-state index contributed by atoms with van der Waals surface area (Å²) in [6.07, 6.45) is 4.45. The molecule has 3 heterocycles. The molecule has 0 radical (unpaired) electrons. The van der Waals surface area contributed by atoms with Crippen molar-refractivity contribution in [1.82, 2.24) is 20.5 Å². The Morgan fingerprint density at radius 3 is 2.43 bits per heavy atom. The Balaban J connectivity index is 1.24. The summed E-state index contributed by atoms with van der Waals surface area (Å²) >= 11 is 0. The maximum atomic E-state index is 13.1. The van der Waals surface area contributed by atoms with Crippen molar-refractivity contribution in [1.29, 1.82) is 0 Å². The van der Waals surface area contributed by atoms with Crippen LogP contribution in [0.5, 0.6) is 11.5 Å². The lowest BCUT2D eigenvalue weighted by atomic mass is 10.1. The molecule has 2 saturated heterocycles. The van der Waals surface area contributed by atoms with Crippen molar-refractivity contribution in [3.05, 3.63) is 47.8 Å². The number of aromatic nitrogens is 1. The number of aliphatic hydroxyl groups excluding tert-OH is 1. The number of benzene rings is 1. The maximum absolute atomic E-state index is 13.1. The SMILES string of the molecule is COc1ccc(OC2CCN(C(=O)c3ccc(C(=O)NC4CCNCC4)cn3)CC2)c(NC(=O)CCOCCOCCO)c1. The number of nitrogens with one attached hydrogen (secondary N) is 3. The van der Waals surface area contributed by atoms with E-state index < -0.39 is 0 Å². The van der Waals surface area contributed by atoms with Crippen molar-refractivity contribution in [2.24, 2.45) is 0 Å². The van der Waals surface area contributed by atoms with Gasteiger partial charge in [0.05, 0.1) is 57.8 Å². The monoisotopic (exact) mass is 613 g/mol. The first-order valence-electron chi connectivity index (χ1n) is 15.1. The average molecular weight is 614 g/mol. The summed E-state index contributed by atoms with van der Waals surface area (Å²) in [5.74, 6) is 0.495. The van der Waals surface area contributed by atoms with Crippen LogP contribution >= 0.6 is 0 Å². The van der Waals surface area contributed by atoms with Crippen LogP contribution in [0.3, 0.4) is 0 Å². The molecule has 13 nitrogen and oxygen atoms in total. The van der Waals surface area contributed by atoms with Crippen molar-refractivity contribution in [2.75, 3.05) is 71.6 Å². The highest BCUT2D eigenvalue weighted by Gasteiger charge is 2.26. The molecule has 0 atom stereocenters. The first-order chi connectivity index (χ1) is 21.5. The standard InChI is InChI=1S/C31H43N5O8/c1-41-25-3-5-28(27(20-25)35-29(38)10-16-42-18-19-43-17-15-37)44-24-8-13-36(14-9-24)31(40)26-4-2-22(21-33-26)30(39)34-23-6-11-32-12-7-23/h2-5,20-21,23-24,32,37H,6-19H2,1H3,(H,34,39)(H,35,38). The van der Waals surface area contributed by atoms with Crippen molar-refractivity contribution in [3.63, 3.8) is 0 Å². The van der Waals surface area contributed by atoms with Crippen LogP contribution in [0.2, 0.25) is 0 Å². The van der Waals surface area contributed by atoms with Gasteiger partial charge in [0.25, 0.3) is 11.8 Å². The van der Waals surface area contributed by atoms with Gasteiger partial charge in [-0.2, -0.15) is 0 Å². The molecule has 3 amide bonds. The number of piperidine rings is 2. The van der Waals surface area contributed by atoms with Crippen LogP contribution in [0.25, 0.3) is 0 Å². The predicted octanol–water partition coefficient (Wildman–Crippen LogP) is 1.61. The molecule has 0 spiro atoms. The first kappa shape index (κ1) is 33.1. The van der Waals surface area contributed by atoms with E-state index in [1.165, 1.54) is 6.20 Å². The zero-order valence-corrected chi connectivity index (χ0v) is 25.2. The zero-order valence-electron chi connectivity index (χ0n) is 25.2. The number of anilines is 1. The van der Waals surface area contributed by atoms with Gasteiger partial charge in [0, 0.05) is 44.2 Å². The summed E-state index contributed by atoms with van der Waals surface area (Å²) in [6.45, 7) is 3.86. The molecule has 0 unspecified atom stereocenters. The Morgan fingerprint density at radius 2 is 1.75 bits per heavy atom. The highest BCUT2D eigenvalue weighted by atomic mass is 16.5. The molecule has 0 saturated carbocycles. The van der Waals surface area contributed by atoms with Gasteiger partial charge in [-0.1, -0.05) is 0 Å². The highest BCUT2D eigenvalue weighted by Crippen LogP contribution is 2.32. The fourth-order valence-corrected chi connectivity index (χ4v) is 5.01. The maximum Gasteiger partial charge on any atom is 0.272 e. The molecule has 4 N–H and O–H groups in total. The fourth-order valence-electron chi connectivity index (χ4n) is 5.01. The van der Waals surface area contributed by atoms with E-state index in [1.807, 2.05) is 0 Å². The molecule has 1 aromatic carbocycles. The average Bonchev–Trinajstić information content (AvgIpc) is 3.05. The number of rotatable bonds is 15. The lowest BCUT2D eigenvalue weighted by Gasteiger charge is -2.32.